The SMILES string of the molecule is Oc1ccccc1C(Cl)(Cl)Cl. The summed E-state index contributed by atoms with van der Waals surface area (Å²) in [6.45, 7) is 0. The van der Waals surface area contributed by atoms with Crippen molar-refractivity contribution < 1.29 is 5.11 Å². The molecule has 1 nitrogen and oxygen atoms in total. The minimum atomic E-state index is -1.55. The van der Waals surface area contributed by atoms with E-state index >= 15 is 0 Å². The maximum atomic E-state index is 9.19. The Morgan fingerprint density at radius 3 is 2.00 bits per heavy atom. The van der Waals surface area contributed by atoms with Crippen LogP contribution in [0.2, 0.25) is 0 Å². The predicted octanol–water partition coefficient (Wildman–Crippen LogP) is 3.22. The van der Waals surface area contributed by atoms with Gasteiger partial charge < -0.3 is 5.11 Å². The first-order chi connectivity index (χ1) is 5.02. The van der Waals surface area contributed by atoms with Crippen LogP contribution < -0.4 is 0 Å². The van der Waals surface area contributed by atoms with Gasteiger partial charge in [0.05, 0.1) is 0 Å². The van der Waals surface area contributed by atoms with Gasteiger partial charge in [-0.25, -0.2) is 0 Å². The van der Waals surface area contributed by atoms with Crippen LogP contribution in [-0.4, -0.2) is 5.11 Å². The van der Waals surface area contributed by atoms with Crippen LogP contribution in [0.25, 0.3) is 0 Å². The molecule has 0 atom stereocenters. The maximum Gasteiger partial charge on any atom is 0.219 e. The Kier molecular flexibility index (Phi) is 2.53. The van der Waals surface area contributed by atoms with E-state index in [-0.39, 0.29) is 5.75 Å². The summed E-state index contributed by atoms with van der Waals surface area (Å²) in [6, 6.07) is 6.38. The standard InChI is InChI=1S/C7H5Cl3O/c8-7(9,10)5-3-1-2-4-6(5)11/h1-4,11H. The van der Waals surface area contributed by atoms with E-state index in [0.29, 0.717) is 5.56 Å². The van der Waals surface area contributed by atoms with Gasteiger partial charge in [0, 0.05) is 5.56 Å². The van der Waals surface area contributed by atoms with Crippen LogP contribution >= 0.6 is 34.8 Å². The third-order valence-corrected chi connectivity index (χ3v) is 1.82. The molecule has 0 radical (unpaired) electrons. The minimum Gasteiger partial charge on any atom is -0.508 e. The molecule has 4 heteroatoms. The minimum absolute atomic E-state index is 0.00694. The first kappa shape index (κ1) is 8.98. The average Bonchev–Trinajstić information content (AvgIpc) is 1.86. The first-order valence-corrected chi connectivity index (χ1v) is 4.00. The molecule has 0 aliphatic heterocycles. The van der Waals surface area contributed by atoms with Crippen molar-refractivity contribution in [2.45, 2.75) is 3.79 Å². The maximum absolute atomic E-state index is 9.19. The van der Waals surface area contributed by atoms with E-state index in [1.54, 1.807) is 18.2 Å². The fourth-order valence-corrected chi connectivity index (χ4v) is 1.19. The summed E-state index contributed by atoms with van der Waals surface area (Å²) in [5.41, 5.74) is 0.296. The van der Waals surface area contributed by atoms with Crippen molar-refractivity contribution in [3.05, 3.63) is 29.8 Å². The second-order valence-corrected chi connectivity index (χ2v) is 4.30. The molecule has 0 amide bonds. The number of alkyl halides is 3. The lowest BCUT2D eigenvalue weighted by molar-refractivity contribution is 0.469. The van der Waals surface area contributed by atoms with Gasteiger partial charge in [-0.15, -0.1) is 0 Å². The topological polar surface area (TPSA) is 20.2 Å². The number of hydrogen-bond acceptors (Lipinski definition) is 1. The third kappa shape index (κ3) is 2.16. The van der Waals surface area contributed by atoms with Crippen molar-refractivity contribution in [3.63, 3.8) is 0 Å². The summed E-state index contributed by atoms with van der Waals surface area (Å²) in [7, 11) is 0. The lowest BCUT2D eigenvalue weighted by Crippen LogP contribution is -1.99. The van der Waals surface area contributed by atoms with E-state index in [0.717, 1.165) is 0 Å². The Labute approximate surface area is 79.5 Å². The average molecular weight is 211 g/mol. The lowest BCUT2D eigenvalue weighted by Gasteiger charge is -2.11. The molecular formula is C7H5Cl3O. The van der Waals surface area contributed by atoms with Crippen LogP contribution in [0.4, 0.5) is 0 Å². The highest BCUT2D eigenvalue weighted by atomic mass is 35.6. The van der Waals surface area contributed by atoms with E-state index in [4.69, 9.17) is 34.8 Å². The first-order valence-electron chi connectivity index (χ1n) is 2.87. The fraction of sp³-hybridized carbons (Fsp3) is 0.143. The largest absolute Gasteiger partial charge is 0.508 e. The number of phenols is 1. The van der Waals surface area contributed by atoms with Gasteiger partial charge in [0.15, 0.2) is 0 Å². The Morgan fingerprint density at radius 2 is 1.64 bits per heavy atom. The monoisotopic (exact) mass is 210 g/mol. The normalized spacial score (nSPS) is 11.5. The molecule has 0 aliphatic rings. The van der Waals surface area contributed by atoms with E-state index in [1.807, 2.05) is 0 Å². The number of rotatable bonds is 0. The van der Waals surface area contributed by atoms with Crippen LogP contribution in [0, 0.1) is 0 Å². The molecular weight excluding hydrogens is 206 g/mol. The van der Waals surface area contributed by atoms with Crippen molar-refractivity contribution in [1.82, 2.24) is 0 Å². The molecule has 0 saturated heterocycles. The van der Waals surface area contributed by atoms with Gasteiger partial charge in [0.1, 0.15) is 5.75 Å². The number of benzene rings is 1. The summed E-state index contributed by atoms with van der Waals surface area (Å²) < 4.78 is -1.55. The van der Waals surface area contributed by atoms with E-state index in [1.165, 1.54) is 6.07 Å². The van der Waals surface area contributed by atoms with Crippen LogP contribution in [0.3, 0.4) is 0 Å². The van der Waals surface area contributed by atoms with E-state index in [2.05, 4.69) is 0 Å². The Hall–Kier alpha value is -0.110. The molecule has 0 spiro atoms. The van der Waals surface area contributed by atoms with Crippen molar-refractivity contribution in [2.75, 3.05) is 0 Å². The number of para-hydroxylation sites is 1. The molecule has 11 heavy (non-hydrogen) atoms. The Bertz CT molecular complexity index is 254. The molecule has 1 aromatic carbocycles. The van der Waals surface area contributed by atoms with Crippen molar-refractivity contribution in [3.8, 4) is 5.75 Å². The number of phenolic OH excluding ortho intramolecular Hbond substituents is 1. The summed E-state index contributed by atoms with van der Waals surface area (Å²) in [5, 5.41) is 9.19. The van der Waals surface area contributed by atoms with Gasteiger partial charge in [-0.3, -0.25) is 0 Å². The van der Waals surface area contributed by atoms with Gasteiger partial charge in [0.25, 0.3) is 0 Å². The van der Waals surface area contributed by atoms with E-state index < -0.39 is 3.79 Å². The molecule has 1 N–H and O–H groups in total. The fourth-order valence-electron chi connectivity index (χ4n) is 0.713. The highest BCUT2D eigenvalue weighted by Crippen LogP contribution is 2.42. The zero-order valence-electron chi connectivity index (χ0n) is 5.39. The molecule has 60 valence electrons. The molecule has 0 aromatic heterocycles. The highest BCUT2D eigenvalue weighted by Gasteiger charge is 2.25. The third-order valence-electron chi connectivity index (χ3n) is 1.21. The molecule has 0 unspecified atom stereocenters. The summed E-state index contributed by atoms with van der Waals surface area (Å²) in [6.07, 6.45) is 0. The molecule has 1 aromatic rings. The van der Waals surface area contributed by atoms with Crippen LogP contribution in [0.5, 0.6) is 5.75 Å². The summed E-state index contributed by atoms with van der Waals surface area (Å²) >= 11 is 16.6. The number of aromatic hydroxyl groups is 1. The van der Waals surface area contributed by atoms with Crippen LogP contribution in [0.15, 0.2) is 24.3 Å². The zero-order chi connectivity index (χ0) is 8.48. The summed E-state index contributed by atoms with van der Waals surface area (Å²) in [5.74, 6) is -0.00694. The summed E-state index contributed by atoms with van der Waals surface area (Å²) in [4.78, 5) is 0. The van der Waals surface area contributed by atoms with Gasteiger partial charge >= 0.3 is 0 Å². The van der Waals surface area contributed by atoms with Crippen molar-refractivity contribution in [1.29, 1.82) is 0 Å². The number of halogens is 3. The highest BCUT2D eigenvalue weighted by molar-refractivity contribution is 6.66. The van der Waals surface area contributed by atoms with Crippen LogP contribution in [-0.2, 0) is 3.79 Å². The molecule has 0 bridgehead atoms. The molecule has 1 rings (SSSR count). The van der Waals surface area contributed by atoms with Crippen LogP contribution in [0.1, 0.15) is 5.56 Å². The molecule has 0 aliphatic carbocycles. The smallest absolute Gasteiger partial charge is 0.219 e. The quantitative estimate of drug-likeness (QED) is 0.653. The second kappa shape index (κ2) is 3.10. The Balaban J connectivity index is 3.14. The Morgan fingerprint density at radius 1 is 1.09 bits per heavy atom. The van der Waals surface area contributed by atoms with Gasteiger partial charge in [-0.2, -0.15) is 0 Å². The second-order valence-electron chi connectivity index (χ2n) is 2.01. The number of hydrogen-bond donors (Lipinski definition) is 1. The molecule has 0 heterocycles. The molecule has 0 fully saturated rings. The van der Waals surface area contributed by atoms with Gasteiger partial charge in [-0.1, -0.05) is 53.0 Å². The van der Waals surface area contributed by atoms with Crippen molar-refractivity contribution >= 4 is 34.8 Å². The lowest BCUT2D eigenvalue weighted by atomic mass is 10.2. The zero-order valence-corrected chi connectivity index (χ0v) is 7.66. The predicted molar refractivity (Wildman–Crippen MR) is 47.3 cm³/mol. The van der Waals surface area contributed by atoms with Gasteiger partial charge in [0.2, 0.25) is 3.79 Å². The molecule has 0 saturated carbocycles. The van der Waals surface area contributed by atoms with E-state index in [9.17, 15) is 5.11 Å². The van der Waals surface area contributed by atoms with Gasteiger partial charge in [-0.05, 0) is 6.07 Å². The van der Waals surface area contributed by atoms with Crippen molar-refractivity contribution in [2.24, 2.45) is 0 Å².